The van der Waals surface area contributed by atoms with Crippen molar-refractivity contribution in [3.8, 4) is 11.5 Å². The molecular formula is C21H22ClN3O5. The largest absolute Gasteiger partial charge is 0.493 e. The van der Waals surface area contributed by atoms with Gasteiger partial charge in [-0.25, -0.2) is 0 Å². The van der Waals surface area contributed by atoms with Gasteiger partial charge in [0.2, 0.25) is 5.91 Å². The topological polar surface area (TPSA) is 120 Å². The minimum atomic E-state index is -0.662. The first kappa shape index (κ1) is 21.4. The van der Waals surface area contributed by atoms with Crippen LogP contribution < -0.4 is 25.8 Å². The van der Waals surface area contributed by atoms with Crippen LogP contribution >= 0.6 is 11.6 Å². The lowest BCUT2D eigenvalue weighted by molar-refractivity contribution is -0.120. The van der Waals surface area contributed by atoms with E-state index in [-0.39, 0.29) is 53.0 Å². The lowest BCUT2D eigenvalue weighted by Gasteiger charge is -2.13. The quantitative estimate of drug-likeness (QED) is 0.563. The molecule has 1 fully saturated rings. The Bertz CT molecular complexity index is 975. The smallest absolute Gasteiger partial charge is 0.255 e. The van der Waals surface area contributed by atoms with Crippen LogP contribution in [0, 0.1) is 5.92 Å². The molecule has 0 spiro atoms. The zero-order valence-corrected chi connectivity index (χ0v) is 17.1. The van der Waals surface area contributed by atoms with Crippen molar-refractivity contribution in [2.45, 2.75) is 19.4 Å². The van der Waals surface area contributed by atoms with Crippen molar-refractivity contribution in [2.75, 3.05) is 19.0 Å². The molecule has 4 N–H and O–H groups in total. The first-order valence-corrected chi connectivity index (χ1v) is 9.72. The van der Waals surface area contributed by atoms with Crippen molar-refractivity contribution in [3.05, 3.63) is 52.5 Å². The summed E-state index contributed by atoms with van der Waals surface area (Å²) in [5.74, 6) is -0.554. The van der Waals surface area contributed by atoms with Gasteiger partial charge in [0.1, 0.15) is 0 Å². The second-order valence-electron chi connectivity index (χ2n) is 6.89. The standard InChI is InChI=1S/C21H22ClN3O5/c1-29-17-9-14(8-16(22)19(17)30-11-18(23)26)20(27)24-10-12-3-2-4-15(7-12)25-21(28)13-5-6-13/h2-4,7-9,13H,5-6,10-11H2,1H3,(H2,23,26)(H,24,27)(H,25,28). The van der Waals surface area contributed by atoms with E-state index in [1.807, 2.05) is 18.2 Å². The van der Waals surface area contributed by atoms with Gasteiger partial charge in [-0.3, -0.25) is 14.4 Å². The van der Waals surface area contributed by atoms with Gasteiger partial charge in [-0.05, 0) is 42.7 Å². The number of methoxy groups -OCH3 is 1. The van der Waals surface area contributed by atoms with Crippen LogP contribution in [0.3, 0.4) is 0 Å². The number of carbonyl (C=O) groups excluding carboxylic acids is 3. The van der Waals surface area contributed by atoms with Crippen molar-refractivity contribution in [1.29, 1.82) is 0 Å². The fourth-order valence-electron chi connectivity index (χ4n) is 2.77. The van der Waals surface area contributed by atoms with Gasteiger partial charge in [0.25, 0.3) is 11.8 Å². The Kier molecular flexibility index (Phi) is 6.79. The van der Waals surface area contributed by atoms with Crippen molar-refractivity contribution >= 4 is 35.0 Å². The highest BCUT2D eigenvalue weighted by molar-refractivity contribution is 6.32. The number of halogens is 1. The SMILES string of the molecule is COc1cc(C(=O)NCc2cccc(NC(=O)C3CC3)c2)cc(Cl)c1OCC(N)=O. The van der Waals surface area contributed by atoms with Gasteiger partial charge in [0, 0.05) is 23.7 Å². The summed E-state index contributed by atoms with van der Waals surface area (Å²) in [6.07, 6.45) is 1.86. The predicted molar refractivity (Wildman–Crippen MR) is 112 cm³/mol. The third-order valence-corrected chi connectivity index (χ3v) is 4.73. The third-order valence-electron chi connectivity index (χ3n) is 4.45. The molecule has 2 aromatic carbocycles. The molecule has 0 saturated heterocycles. The summed E-state index contributed by atoms with van der Waals surface area (Å²) in [4.78, 5) is 35.4. The van der Waals surface area contributed by atoms with Gasteiger partial charge in [0.15, 0.2) is 18.1 Å². The number of benzene rings is 2. The summed E-state index contributed by atoms with van der Waals surface area (Å²) >= 11 is 6.18. The summed E-state index contributed by atoms with van der Waals surface area (Å²) in [5.41, 5.74) is 6.86. The van der Waals surface area contributed by atoms with E-state index < -0.39 is 5.91 Å². The van der Waals surface area contributed by atoms with Gasteiger partial charge in [-0.15, -0.1) is 0 Å². The molecule has 0 atom stereocenters. The summed E-state index contributed by atoms with van der Waals surface area (Å²) in [7, 11) is 1.39. The molecule has 9 heteroatoms. The molecule has 158 valence electrons. The Morgan fingerprint density at radius 3 is 2.63 bits per heavy atom. The highest BCUT2D eigenvalue weighted by Crippen LogP contribution is 2.36. The fourth-order valence-corrected chi connectivity index (χ4v) is 3.03. The van der Waals surface area contributed by atoms with Gasteiger partial charge in [-0.1, -0.05) is 23.7 Å². The van der Waals surface area contributed by atoms with E-state index in [0.29, 0.717) is 5.69 Å². The number of nitrogens with two attached hydrogens (primary N) is 1. The zero-order chi connectivity index (χ0) is 21.7. The molecule has 2 aromatic rings. The van der Waals surface area contributed by atoms with E-state index in [1.54, 1.807) is 6.07 Å². The normalized spacial score (nSPS) is 12.7. The molecule has 0 bridgehead atoms. The highest BCUT2D eigenvalue weighted by atomic mass is 35.5. The number of nitrogens with one attached hydrogen (secondary N) is 2. The van der Waals surface area contributed by atoms with Crippen LogP contribution in [0.2, 0.25) is 5.02 Å². The molecule has 1 saturated carbocycles. The van der Waals surface area contributed by atoms with Crippen molar-refractivity contribution in [3.63, 3.8) is 0 Å². The van der Waals surface area contributed by atoms with E-state index in [9.17, 15) is 14.4 Å². The van der Waals surface area contributed by atoms with E-state index in [4.69, 9.17) is 26.8 Å². The molecule has 0 aliphatic heterocycles. The Balaban J connectivity index is 1.65. The Morgan fingerprint density at radius 2 is 1.97 bits per heavy atom. The first-order chi connectivity index (χ1) is 14.4. The molecule has 0 heterocycles. The van der Waals surface area contributed by atoms with Gasteiger partial charge < -0.3 is 25.8 Å². The third kappa shape index (κ3) is 5.64. The second-order valence-corrected chi connectivity index (χ2v) is 7.30. The first-order valence-electron chi connectivity index (χ1n) is 9.34. The van der Waals surface area contributed by atoms with E-state index in [2.05, 4.69) is 10.6 Å². The minimum Gasteiger partial charge on any atom is -0.493 e. The van der Waals surface area contributed by atoms with Gasteiger partial charge in [-0.2, -0.15) is 0 Å². The molecule has 3 amide bonds. The average Bonchev–Trinajstić information content (AvgIpc) is 3.56. The lowest BCUT2D eigenvalue weighted by atomic mass is 10.1. The average molecular weight is 432 g/mol. The maximum absolute atomic E-state index is 12.6. The molecule has 0 aromatic heterocycles. The minimum absolute atomic E-state index is 0.0246. The Labute approximate surface area is 178 Å². The summed E-state index contributed by atoms with van der Waals surface area (Å²) < 4.78 is 10.5. The number of ether oxygens (including phenoxy) is 2. The van der Waals surface area contributed by atoms with E-state index in [0.717, 1.165) is 18.4 Å². The highest BCUT2D eigenvalue weighted by Gasteiger charge is 2.29. The number of anilines is 1. The molecule has 0 unspecified atom stereocenters. The summed E-state index contributed by atoms with van der Waals surface area (Å²) in [6.45, 7) is -0.110. The van der Waals surface area contributed by atoms with Crippen LogP contribution in [0.5, 0.6) is 11.5 Å². The van der Waals surface area contributed by atoms with Crippen molar-refractivity contribution in [1.82, 2.24) is 5.32 Å². The van der Waals surface area contributed by atoms with Gasteiger partial charge >= 0.3 is 0 Å². The molecule has 1 aliphatic rings. The number of rotatable bonds is 9. The number of primary amides is 1. The Hall–Kier alpha value is -3.26. The maximum Gasteiger partial charge on any atom is 0.255 e. The van der Waals surface area contributed by atoms with Crippen LogP contribution in [-0.2, 0) is 16.1 Å². The lowest BCUT2D eigenvalue weighted by Crippen LogP contribution is -2.23. The number of hydrogen-bond donors (Lipinski definition) is 3. The molecule has 1 aliphatic carbocycles. The van der Waals surface area contributed by atoms with Crippen LogP contribution in [-0.4, -0.2) is 31.4 Å². The molecule has 8 nitrogen and oxygen atoms in total. The fraction of sp³-hybridized carbons (Fsp3) is 0.286. The molecule has 30 heavy (non-hydrogen) atoms. The summed E-state index contributed by atoms with van der Waals surface area (Å²) in [5, 5.41) is 5.79. The number of hydrogen-bond acceptors (Lipinski definition) is 5. The predicted octanol–water partition coefficient (Wildman–Crippen LogP) is 2.49. The maximum atomic E-state index is 12.6. The van der Waals surface area contributed by atoms with Crippen LogP contribution in [0.4, 0.5) is 5.69 Å². The van der Waals surface area contributed by atoms with Crippen molar-refractivity contribution in [2.24, 2.45) is 11.7 Å². The monoisotopic (exact) mass is 431 g/mol. The van der Waals surface area contributed by atoms with Crippen LogP contribution in [0.1, 0.15) is 28.8 Å². The molecular weight excluding hydrogens is 410 g/mol. The van der Waals surface area contributed by atoms with Crippen molar-refractivity contribution < 1.29 is 23.9 Å². The number of amides is 3. The zero-order valence-electron chi connectivity index (χ0n) is 16.4. The van der Waals surface area contributed by atoms with Crippen LogP contribution in [0.25, 0.3) is 0 Å². The molecule has 0 radical (unpaired) electrons. The second kappa shape index (κ2) is 9.49. The van der Waals surface area contributed by atoms with E-state index >= 15 is 0 Å². The Morgan fingerprint density at radius 1 is 1.20 bits per heavy atom. The molecule has 3 rings (SSSR count). The van der Waals surface area contributed by atoms with E-state index in [1.165, 1.54) is 19.2 Å². The van der Waals surface area contributed by atoms with Gasteiger partial charge in [0.05, 0.1) is 12.1 Å². The number of carbonyl (C=O) groups is 3. The summed E-state index contributed by atoms with van der Waals surface area (Å²) in [6, 6.07) is 10.2. The van der Waals surface area contributed by atoms with Crippen LogP contribution in [0.15, 0.2) is 36.4 Å².